The van der Waals surface area contributed by atoms with Crippen molar-refractivity contribution in [3.63, 3.8) is 0 Å². The zero-order valence-electron chi connectivity index (χ0n) is 5.29. The zero-order chi connectivity index (χ0) is 6.69. The molecule has 1 amide bonds. The SMILES string of the molecule is CCSN1CCSC1=O. The first-order chi connectivity index (χ1) is 4.34. The Hall–Kier alpha value is 0.170. The van der Waals surface area contributed by atoms with E-state index in [4.69, 9.17) is 0 Å². The van der Waals surface area contributed by atoms with E-state index in [1.165, 1.54) is 11.8 Å². The molecular weight excluding hydrogens is 154 g/mol. The quantitative estimate of drug-likeness (QED) is 0.579. The first-order valence-corrected chi connectivity index (χ1v) is 4.84. The van der Waals surface area contributed by atoms with Crippen LogP contribution in [0.25, 0.3) is 0 Å². The predicted octanol–water partition coefficient (Wildman–Crippen LogP) is 1.82. The number of thioether (sulfide) groups is 1. The van der Waals surface area contributed by atoms with Crippen molar-refractivity contribution in [2.75, 3.05) is 18.1 Å². The molecule has 0 bridgehead atoms. The van der Waals surface area contributed by atoms with E-state index in [0.717, 1.165) is 18.1 Å². The molecule has 1 aliphatic heterocycles. The highest BCUT2D eigenvalue weighted by Crippen LogP contribution is 2.23. The van der Waals surface area contributed by atoms with Gasteiger partial charge in [-0.2, -0.15) is 0 Å². The molecule has 9 heavy (non-hydrogen) atoms. The molecule has 1 aliphatic rings. The van der Waals surface area contributed by atoms with Crippen molar-refractivity contribution in [1.82, 2.24) is 4.31 Å². The average molecular weight is 163 g/mol. The summed E-state index contributed by atoms with van der Waals surface area (Å²) in [5.41, 5.74) is 0. The zero-order valence-corrected chi connectivity index (χ0v) is 6.93. The Bertz CT molecular complexity index is 118. The van der Waals surface area contributed by atoms with Crippen LogP contribution in [0.15, 0.2) is 0 Å². The number of nitrogens with zero attached hydrogens (tertiary/aromatic N) is 1. The van der Waals surface area contributed by atoms with Crippen LogP contribution in [-0.2, 0) is 0 Å². The number of hydrogen-bond acceptors (Lipinski definition) is 3. The van der Waals surface area contributed by atoms with Crippen LogP contribution in [0.2, 0.25) is 0 Å². The molecule has 0 aromatic rings. The highest BCUT2D eigenvalue weighted by atomic mass is 32.2. The Morgan fingerprint density at radius 1 is 1.89 bits per heavy atom. The number of rotatable bonds is 2. The lowest BCUT2D eigenvalue weighted by Crippen LogP contribution is -2.13. The van der Waals surface area contributed by atoms with Crippen molar-refractivity contribution >= 4 is 28.9 Å². The summed E-state index contributed by atoms with van der Waals surface area (Å²) in [4.78, 5) is 10.8. The summed E-state index contributed by atoms with van der Waals surface area (Å²) in [5, 5.41) is 0.224. The molecule has 2 nitrogen and oxygen atoms in total. The molecule has 1 heterocycles. The monoisotopic (exact) mass is 163 g/mol. The minimum atomic E-state index is 0.224. The molecule has 0 atom stereocenters. The molecule has 0 N–H and O–H groups in total. The summed E-state index contributed by atoms with van der Waals surface area (Å²) in [6, 6.07) is 0. The Balaban J connectivity index is 2.31. The van der Waals surface area contributed by atoms with Gasteiger partial charge in [0.25, 0.3) is 5.24 Å². The third-order valence-electron chi connectivity index (χ3n) is 1.01. The van der Waals surface area contributed by atoms with Crippen molar-refractivity contribution in [1.29, 1.82) is 0 Å². The second kappa shape index (κ2) is 3.37. The van der Waals surface area contributed by atoms with Gasteiger partial charge in [-0.3, -0.25) is 9.10 Å². The number of hydrogen-bond donors (Lipinski definition) is 0. The van der Waals surface area contributed by atoms with Crippen LogP contribution in [0.5, 0.6) is 0 Å². The molecule has 0 aliphatic carbocycles. The average Bonchev–Trinajstić information content (AvgIpc) is 2.18. The smallest absolute Gasteiger partial charge is 0.276 e. The van der Waals surface area contributed by atoms with Crippen molar-refractivity contribution in [2.45, 2.75) is 6.92 Å². The summed E-state index contributed by atoms with van der Waals surface area (Å²) in [7, 11) is 0. The second-order valence-corrected chi connectivity index (χ2v) is 3.96. The summed E-state index contributed by atoms with van der Waals surface area (Å²) >= 11 is 3.02. The van der Waals surface area contributed by atoms with Gasteiger partial charge in [-0.1, -0.05) is 18.7 Å². The summed E-state index contributed by atoms with van der Waals surface area (Å²) in [5.74, 6) is 1.96. The largest absolute Gasteiger partial charge is 0.291 e. The van der Waals surface area contributed by atoms with Gasteiger partial charge in [-0.05, 0) is 11.9 Å². The molecule has 0 aromatic carbocycles. The van der Waals surface area contributed by atoms with Gasteiger partial charge in [0.2, 0.25) is 0 Å². The van der Waals surface area contributed by atoms with E-state index in [0.29, 0.717) is 0 Å². The normalized spacial score (nSPS) is 19.2. The van der Waals surface area contributed by atoms with Crippen molar-refractivity contribution < 1.29 is 4.79 Å². The van der Waals surface area contributed by atoms with Gasteiger partial charge in [-0.15, -0.1) is 0 Å². The molecule has 0 saturated carbocycles. The summed E-state index contributed by atoms with van der Waals surface area (Å²) in [6.07, 6.45) is 0. The van der Waals surface area contributed by atoms with Gasteiger partial charge < -0.3 is 0 Å². The topological polar surface area (TPSA) is 20.3 Å². The molecule has 4 heteroatoms. The maximum Gasteiger partial charge on any atom is 0.291 e. The lowest BCUT2D eigenvalue weighted by atomic mass is 10.8. The highest BCUT2D eigenvalue weighted by Gasteiger charge is 2.20. The standard InChI is InChI=1S/C5H9NOS2/c1-2-9-6-3-4-8-5(6)7/h2-4H2,1H3. The Morgan fingerprint density at radius 2 is 2.67 bits per heavy atom. The first-order valence-electron chi connectivity index (χ1n) is 2.92. The van der Waals surface area contributed by atoms with Crippen molar-refractivity contribution in [3.8, 4) is 0 Å². The second-order valence-electron chi connectivity index (χ2n) is 1.63. The van der Waals surface area contributed by atoms with Gasteiger partial charge in [0, 0.05) is 18.1 Å². The van der Waals surface area contributed by atoms with Gasteiger partial charge in [0.1, 0.15) is 0 Å². The van der Waals surface area contributed by atoms with Crippen LogP contribution in [0.1, 0.15) is 6.92 Å². The molecule has 0 spiro atoms. The molecule has 1 rings (SSSR count). The van der Waals surface area contributed by atoms with Crippen LogP contribution in [-0.4, -0.2) is 27.6 Å². The van der Waals surface area contributed by atoms with E-state index in [1.807, 2.05) is 4.31 Å². The summed E-state index contributed by atoms with van der Waals surface area (Å²) in [6.45, 7) is 2.98. The van der Waals surface area contributed by atoms with Crippen LogP contribution >= 0.6 is 23.7 Å². The third kappa shape index (κ3) is 1.79. The Kier molecular flexibility index (Phi) is 2.72. The van der Waals surface area contributed by atoms with E-state index in [2.05, 4.69) is 6.92 Å². The van der Waals surface area contributed by atoms with E-state index < -0.39 is 0 Å². The minimum Gasteiger partial charge on any atom is -0.276 e. The van der Waals surface area contributed by atoms with Crippen molar-refractivity contribution in [3.05, 3.63) is 0 Å². The van der Waals surface area contributed by atoms with E-state index in [9.17, 15) is 4.79 Å². The number of amides is 1. The van der Waals surface area contributed by atoms with Gasteiger partial charge in [0.05, 0.1) is 0 Å². The van der Waals surface area contributed by atoms with Gasteiger partial charge in [0.15, 0.2) is 0 Å². The van der Waals surface area contributed by atoms with E-state index in [1.54, 1.807) is 11.9 Å². The highest BCUT2D eigenvalue weighted by molar-refractivity contribution is 8.15. The van der Waals surface area contributed by atoms with Crippen LogP contribution in [0.4, 0.5) is 4.79 Å². The molecule has 1 saturated heterocycles. The maximum absolute atomic E-state index is 10.8. The molecule has 0 aromatic heterocycles. The fourth-order valence-corrected chi connectivity index (χ4v) is 2.41. The maximum atomic E-state index is 10.8. The van der Waals surface area contributed by atoms with Crippen LogP contribution < -0.4 is 0 Å². The Morgan fingerprint density at radius 3 is 3.11 bits per heavy atom. The molecule has 1 fully saturated rings. The molecule has 52 valence electrons. The van der Waals surface area contributed by atoms with E-state index in [-0.39, 0.29) is 5.24 Å². The van der Waals surface area contributed by atoms with Crippen molar-refractivity contribution in [2.24, 2.45) is 0 Å². The minimum absolute atomic E-state index is 0.224. The van der Waals surface area contributed by atoms with Crippen LogP contribution in [0.3, 0.4) is 0 Å². The Labute approximate surface area is 63.5 Å². The lowest BCUT2D eigenvalue weighted by molar-refractivity contribution is 0.251. The first kappa shape index (κ1) is 7.28. The van der Waals surface area contributed by atoms with Gasteiger partial charge in [-0.25, -0.2) is 0 Å². The molecular formula is C5H9NOS2. The third-order valence-corrected chi connectivity index (χ3v) is 2.90. The predicted molar refractivity (Wildman–Crippen MR) is 42.7 cm³/mol. The molecule has 0 unspecified atom stereocenters. The van der Waals surface area contributed by atoms with E-state index >= 15 is 0 Å². The van der Waals surface area contributed by atoms with Crippen LogP contribution in [0, 0.1) is 0 Å². The fraction of sp³-hybridized carbons (Fsp3) is 0.800. The fourth-order valence-electron chi connectivity index (χ4n) is 0.652. The number of carbonyl (C=O) groups is 1. The number of carbonyl (C=O) groups excluding carboxylic acids is 1. The lowest BCUT2D eigenvalue weighted by Gasteiger charge is -2.09. The molecule has 0 radical (unpaired) electrons. The van der Waals surface area contributed by atoms with Gasteiger partial charge >= 0.3 is 0 Å². The summed E-state index contributed by atoms with van der Waals surface area (Å²) < 4.78 is 1.82.